The maximum absolute atomic E-state index is 8.32. The second-order valence-electron chi connectivity index (χ2n) is 7.16. The number of rotatable bonds is 9. The molecule has 1 atom stereocenters. The van der Waals surface area contributed by atoms with Crippen LogP contribution in [0.1, 0.15) is 58.1 Å². The minimum absolute atomic E-state index is 0.639. The molecule has 0 radical (unpaired) electrons. The minimum atomic E-state index is 0.639. The molecule has 0 saturated heterocycles. The van der Waals surface area contributed by atoms with Gasteiger partial charge in [-0.05, 0) is 87.0 Å². The van der Waals surface area contributed by atoms with Crippen molar-refractivity contribution in [1.82, 2.24) is 0 Å². The first kappa shape index (κ1) is 21.5. The van der Waals surface area contributed by atoms with Crippen molar-refractivity contribution in [3.8, 4) is 0 Å². The Morgan fingerprint density at radius 3 is 2.32 bits per heavy atom. The average Bonchev–Trinajstić information content (AvgIpc) is 2.59. The number of thiol groups is 1. The molecule has 0 fully saturated rings. The molecule has 1 N–H and O–H groups in total. The Hall–Kier alpha value is -1.54. The van der Waals surface area contributed by atoms with Crippen molar-refractivity contribution in [2.75, 3.05) is 0 Å². The first-order valence-corrected chi connectivity index (χ1v) is 9.65. The fourth-order valence-corrected chi connectivity index (χ4v) is 2.89. The summed E-state index contributed by atoms with van der Waals surface area (Å²) in [5.41, 5.74) is 6.93. The molecule has 1 unspecified atom stereocenters. The van der Waals surface area contributed by atoms with Crippen LogP contribution in [0.25, 0.3) is 0 Å². The second kappa shape index (κ2) is 11.1. The molecule has 0 aliphatic heterocycles. The number of nitrogens with one attached hydrogen (secondary N) is 1. The van der Waals surface area contributed by atoms with Crippen LogP contribution in [0, 0.1) is 18.3 Å². The van der Waals surface area contributed by atoms with Crippen LogP contribution in [0.15, 0.2) is 58.5 Å². The zero-order valence-corrected chi connectivity index (χ0v) is 17.3. The van der Waals surface area contributed by atoms with Crippen molar-refractivity contribution in [3.05, 3.63) is 69.7 Å². The monoisotopic (exact) mass is 355 g/mol. The summed E-state index contributed by atoms with van der Waals surface area (Å²) in [6.45, 7) is 10.6. The van der Waals surface area contributed by atoms with Crippen molar-refractivity contribution in [3.63, 3.8) is 0 Å². The number of allylic oxidation sites excluding steroid dienone is 5. The lowest BCUT2D eigenvalue weighted by molar-refractivity contribution is 0.502. The van der Waals surface area contributed by atoms with Gasteiger partial charge in [0.25, 0.3) is 0 Å². The fourth-order valence-electron chi connectivity index (χ4n) is 2.67. The second-order valence-corrected chi connectivity index (χ2v) is 7.45. The van der Waals surface area contributed by atoms with E-state index < -0.39 is 0 Å². The largest absolute Gasteiger partial charge is 0.305 e. The van der Waals surface area contributed by atoms with Gasteiger partial charge < -0.3 is 5.41 Å². The number of hydrogen-bond donors (Lipinski definition) is 2. The van der Waals surface area contributed by atoms with E-state index in [2.05, 4.69) is 70.7 Å². The molecule has 1 aromatic rings. The highest BCUT2D eigenvalue weighted by molar-refractivity contribution is 7.83. The van der Waals surface area contributed by atoms with Crippen LogP contribution < -0.4 is 0 Å². The van der Waals surface area contributed by atoms with Gasteiger partial charge in [0.15, 0.2) is 0 Å². The van der Waals surface area contributed by atoms with Crippen LogP contribution >= 0.6 is 12.6 Å². The Bertz CT molecular complexity index is 647. The SMILES string of the molecule is C\C(=C/C(C)=C(C)/C=C\S)C(=N)CCC(C)CCc1ccc(C)cc1. The Kier molecular flexibility index (Phi) is 9.59. The van der Waals surface area contributed by atoms with E-state index >= 15 is 0 Å². The molecule has 1 rings (SSSR count). The third-order valence-corrected chi connectivity index (χ3v) is 4.94. The third-order valence-electron chi connectivity index (χ3n) is 4.79. The normalized spacial score (nSPS) is 14.6. The standard InChI is InChI=1S/C23H33NS/c1-17-6-10-22(11-7-17)12-8-18(2)9-13-23(24)21(5)16-20(4)19(3)14-15-25/h6-7,10-11,14-16,18,24-25H,8-9,12-13H2,1-5H3/b15-14-,20-19+,21-16+,24-23?. The van der Waals surface area contributed by atoms with Crippen LogP contribution in [0.2, 0.25) is 0 Å². The predicted octanol–water partition coefficient (Wildman–Crippen LogP) is 7.09. The highest BCUT2D eigenvalue weighted by Gasteiger charge is 2.07. The van der Waals surface area contributed by atoms with Crippen LogP contribution in [0.3, 0.4) is 0 Å². The molecule has 25 heavy (non-hydrogen) atoms. The molecule has 0 spiro atoms. The minimum Gasteiger partial charge on any atom is -0.305 e. The lowest BCUT2D eigenvalue weighted by Gasteiger charge is -2.12. The zero-order valence-electron chi connectivity index (χ0n) is 16.4. The lowest BCUT2D eigenvalue weighted by Crippen LogP contribution is -2.04. The molecule has 0 aliphatic rings. The molecule has 1 nitrogen and oxygen atoms in total. The number of benzene rings is 1. The molecular weight excluding hydrogens is 322 g/mol. The average molecular weight is 356 g/mol. The maximum Gasteiger partial charge on any atom is 0.0343 e. The number of hydrogen-bond acceptors (Lipinski definition) is 2. The summed E-state index contributed by atoms with van der Waals surface area (Å²) < 4.78 is 0. The van der Waals surface area contributed by atoms with Crippen molar-refractivity contribution in [2.45, 2.75) is 60.3 Å². The van der Waals surface area contributed by atoms with E-state index in [9.17, 15) is 0 Å². The van der Waals surface area contributed by atoms with E-state index in [1.165, 1.54) is 28.7 Å². The quantitative estimate of drug-likeness (QED) is 0.268. The van der Waals surface area contributed by atoms with Gasteiger partial charge in [0, 0.05) is 5.71 Å². The Labute approximate surface area is 159 Å². The summed E-state index contributed by atoms with van der Waals surface area (Å²) in [6, 6.07) is 8.83. The van der Waals surface area contributed by atoms with E-state index in [1.54, 1.807) is 5.41 Å². The van der Waals surface area contributed by atoms with E-state index in [0.29, 0.717) is 5.92 Å². The summed E-state index contributed by atoms with van der Waals surface area (Å²) in [7, 11) is 0. The van der Waals surface area contributed by atoms with E-state index in [-0.39, 0.29) is 0 Å². The molecule has 136 valence electrons. The summed E-state index contributed by atoms with van der Waals surface area (Å²) in [5, 5.41) is 10.1. The van der Waals surface area contributed by atoms with Crippen LogP contribution in [-0.2, 0) is 6.42 Å². The van der Waals surface area contributed by atoms with Gasteiger partial charge in [-0.3, -0.25) is 0 Å². The van der Waals surface area contributed by atoms with Crippen molar-refractivity contribution in [1.29, 1.82) is 5.41 Å². The van der Waals surface area contributed by atoms with Gasteiger partial charge in [-0.2, -0.15) is 12.6 Å². The molecule has 0 amide bonds. The predicted molar refractivity (Wildman–Crippen MR) is 116 cm³/mol. The van der Waals surface area contributed by atoms with Gasteiger partial charge in [0.05, 0.1) is 0 Å². The summed E-state index contributed by atoms with van der Waals surface area (Å²) in [4.78, 5) is 0. The van der Waals surface area contributed by atoms with E-state index in [1.807, 2.05) is 13.0 Å². The van der Waals surface area contributed by atoms with E-state index in [0.717, 1.165) is 30.5 Å². The van der Waals surface area contributed by atoms with E-state index in [4.69, 9.17) is 5.41 Å². The van der Waals surface area contributed by atoms with Crippen LogP contribution in [0.5, 0.6) is 0 Å². The van der Waals surface area contributed by atoms with Gasteiger partial charge in [0.1, 0.15) is 0 Å². The van der Waals surface area contributed by atoms with Gasteiger partial charge in [0.2, 0.25) is 0 Å². The van der Waals surface area contributed by atoms with Gasteiger partial charge in [-0.1, -0.05) is 48.9 Å². The summed E-state index contributed by atoms with van der Waals surface area (Å²) in [6.07, 6.45) is 8.34. The Morgan fingerprint density at radius 2 is 1.72 bits per heavy atom. The maximum atomic E-state index is 8.32. The highest BCUT2D eigenvalue weighted by atomic mass is 32.1. The van der Waals surface area contributed by atoms with Crippen LogP contribution in [-0.4, -0.2) is 5.71 Å². The van der Waals surface area contributed by atoms with Crippen molar-refractivity contribution < 1.29 is 0 Å². The highest BCUT2D eigenvalue weighted by Crippen LogP contribution is 2.18. The lowest BCUT2D eigenvalue weighted by atomic mass is 9.93. The van der Waals surface area contributed by atoms with Crippen molar-refractivity contribution in [2.24, 2.45) is 5.92 Å². The zero-order chi connectivity index (χ0) is 18.8. The first-order valence-electron chi connectivity index (χ1n) is 9.13. The molecule has 2 heteroatoms. The van der Waals surface area contributed by atoms with Crippen LogP contribution in [0.4, 0.5) is 0 Å². The molecule has 0 saturated carbocycles. The summed E-state index contributed by atoms with van der Waals surface area (Å²) in [5.74, 6) is 0.639. The smallest absolute Gasteiger partial charge is 0.0343 e. The first-order chi connectivity index (χ1) is 11.8. The Morgan fingerprint density at radius 1 is 1.08 bits per heavy atom. The topological polar surface area (TPSA) is 23.9 Å². The van der Waals surface area contributed by atoms with Gasteiger partial charge in [-0.25, -0.2) is 0 Å². The molecule has 0 aliphatic carbocycles. The Balaban J connectivity index is 2.46. The fraction of sp³-hybridized carbons (Fsp3) is 0.435. The summed E-state index contributed by atoms with van der Waals surface area (Å²) >= 11 is 4.12. The molecular formula is C23H33NS. The molecule has 1 aromatic carbocycles. The number of aryl methyl sites for hydroxylation is 2. The molecule has 0 heterocycles. The van der Waals surface area contributed by atoms with Gasteiger partial charge >= 0.3 is 0 Å². The molecule has 0 aromatic heterocycles. The van der Waals surface area contributed by atoms with Gasteiger partial charge in [-0.15, -0.1) is 0 Å². The molecule has 0 bridgehead atoms. The van der Waals surface area contributed by atoms with Crippen molar-refractivity contribution >= 4 is 18.3 Å². The third kappa shape index (κ3) is 8.40.